The van der Waals surface area contributed by atoms with E-state index in [9.17, 15) is 14.7 Å². The molecule has 2 unspecified atom stereocenters. The van der Waals surface area contributed by atoms with Gasteiger partial charge < -0.3 is 14.7 Å². The summed E-state index contributed by atoms with van der Waals surface area (Å²) in [6, 6.07) is 5.89. The number of benzene rings is 1. The molecule has 1 heterocycles. The van der Waals surface area contributed by atoms with Gasteiger partial charge in [0.05, 0.1) is 5.37 Å². The van der Waals surface area contributed by atoms with Gasteiger partial charge in [-0.1, -0.05) is 18.5 Å². The van der Waals surface area contributed by atoms with Gasteiger partial charge in [0, 0.05) is 10.8 Å². The van der Waals surface area contributed by atoms with Crippen molar-refractivity contribution >= 4 is 35.2 Å². The predicted octanol–water partition coefficient (Wildman–Crippen LogP) is 2.48. The summed E-state index contributed by atoms with van der Waals surface area (Å²) in [5.74, 6) is -0.340. The second-order valence-electron chi connectivity index (χ2n) is 4.59. The molecule has 0 saturated carbocycles. The molecule has 0 spiro atoms. The highest BCUT2D eigenvalue weighted by Crippen LogP contribution is 2.31. The average Bonchev–Trinajstić information content (AvgIpc) is 2.90. The summed E-state index contributed by atoms with van der Waals surface area (Å²) < 4.78 is 5.40. The predicted molar refractivity (Wildman–Crippen MR) is 81.8 cm³/mol. The molecule has 1 aliphatic heterocycles. The number of thioether (sulfide) groups is 1. The first-order valence-electron chi connectivity index (χ1n) is 6.57. The van der Waals surface area contributed by atoms with Gasteiger partial charge in [0.2, 0.25) is 0 Å². The van der Waals surface area contributed by atoms with Gasteiger partial charge in [-0.15, -0.1) is 11.8 Å². The number of hydrogen-bond acceptors (Lipinski definition) is 4. The van der Waals surface area contributed by atoms with E-state index >= 15 is 0 Å². The molecule has 1 saturated heterocycles. The van der Waals surface area contributed by atoms with Crippen molar-refractivity contribution < 1.29 is 19.4 Å². The zero-order valence-corrected chi connectivity index (χ0v) is 13.1. The zero-order valence-electron chi connectivity index (χ0n) is 11.5. The molecule has 2 atom stereocenters. The molecule has 21 heavy (non-hydrogen) atoms. The van der Waals surface area contributed by atoms with Gasteiger partial charge in [0.1, 0.15) is 11.8 Å². The normalized spacial score (nSPS) is 21.3. The summed E-state index contributed by atoms with van der Waals surface area (Å²) in [4.78, 5) is 24.9. The Bertz CT molecular complexity index is 522. The van der Waals surface area contributed by atoms with Crippen LogP contribution >= 0.6 is 23.4 Å². The van der Waals surface area contributed by atoms with Crippen LogP contribution < -0.4 is 4.74 Å². The Balaban J connectivity index is 2.00. The van der Waals surface area contributed by atoms with E-state index in [1.165, 1.54) is 16.7 Å². The molecular formula is C14H16ClNO4S. The number of rotatable bonds is 5. The topological polar surface area (TPSA) is 66.8 Å². The van der Waals surface area contributed by atoms with Gasteiger partial charge in [0.25, 0.3) is 5.91 Å². The fourth-order valence-corrected chi connectivity index (χ4v) is 3.65. The molecule has 1 amide bonds. The number of hydrogen-bond donors (Lipinski definition) is 1. The fraction of sp³-hybridized carbons (Fsp3) is 0.429. The van der Waals surface area contributed by atoms with Crippen molar-refractivity contribution in [1.82, 2.24) is 4.90 Å². The first-order chi connectivity index (χ1) is 10.0. The molecule has 0 bridgehead atoms. The fourth-order valence-electron chi connectivity index (χ4n) is 2.15. The summed E-state index contributed by atoms with van der Waals surface area (Å²) in [5.41, 5.74) is 0. The van der Waals surface area contributed by atoms with E-state index in [-0.39, 0.29) is 17.9 Å². The number of amides is 1. The first kappa shape index (κ1) is 16.0. The van der Waals surface area contributed by atoms with Crippen LogP contribution in [0, 0.1) is 0 Å². The lowest BCUT2D eigenvalue weighted by Gasteiger charge is -2.26. The Morgan fingerprint density at radius 3 is 2.67 bits per heavy atom. The summed E-state index contributed by atoms with van der Waals surface area (Å²) in [6.45, 7) is 1.75. The van der Waals surface area contributed by atoms with E-state index in [4.69, 9.17) is 16.3 Å². The summed E-state index contributed by atoms with van der Waals surface area (Å²) in [5, 5.41) is 9.68. The van der Waals surface area contributed by atoms with Crippen LogP contribution in [-0.4, -0.2) is 45.7 Å². The highest BCUT2D eigenvalue weighted by molar-refractivity contribution is 8.00. The maximum atomic E-state index is 12.3. The first-order valence-corrected chi connectivity index (χ1v) is 7.99. The molecule has 0 aromatic heterocycles. The van der Waals surface area contributed by atoms with Crippen molar-refractivity contribution in [3.63, 3.8) is 0 Å². The van der Waals surface area contributed by atoms with Crippen molar-refractivity contribution in [3.05, 3.63) is 29.3 Å². The van der Waals surface area contributed by atoms with Gasteiger partial charge in [-0.05, 0) is 30.7 Å². The van der Waals surface area contributed by atoms with Gasteiger partial charge in [0.15, 0.2) is 6.61 Å². The Labute approximate surface area is 132 Å². The number of carbonyl (C=O) groups excluding carboxylic acids is 1. The summed E-state index contributed by atoms with van der Waals surface area (Å²) >= 11 is 7.26. The number of carboxylic acids is 1. The van der Waals surface area contributed by atoms with E-state index in [1.54, 1.807) is 24.3 Å². The molecular weight excluding hydrogens is 314 g/mol. The van der Waals surface area contributed by atoms with Crippen molar-refractivity contribution in [2.45, 2.75) is 24.8 Å². The molecule has 0 aliphatic carbocycles. The lowest BCUT2D eigenvalue weighted by atomic mass is 10.2. The lowest BCUT2D eigenvalue weighted by Crippen LogP contribution is -2.47. The minimum Gasteiger partial charge on any atom is -0.484 e. The quantitative estimate of drug-likeness (QED) is 0.899. The standard InChI is InChI=1S/C14H16ClNO4S/c1-2-13-16(11(8-21-13)14(18)19)12(17)7-20-10-5-3-9(15)4-6-10/h3-6,11,13H,2,7-8H2,1H3,(H,18,19). The van der Waals surface area contributed by atoms with E-state index in [1.807, 2.05) is 6.92 Å². The Morgan fingerprint density at radius 2 is 2.10 bits per heavy atom. The average molecular weight is 330 g/mol. The van der Waals surface area contributed by atoms with Gasteiger partial charge in [-0.25, -0.2) is 4.79 Å². The SMILES string of the molecule is CCC1SCC(C(=O)O)N1C(=O)COc1ccc(Cl)cc1. The largest absolute Gasteiger partial charge is 0.484 e. The summed E-state index contributed by atoms with van der Waals surface area (Å²) in [7, 11) is 0. The van der Waals surface area contributed by atoms with Crippen molar-refractivity contribution in [3.8, 4) is 5.75 Å². The Kier molecular flexibility index (Phi) is 5.36. The van der Waals surface area contributed by atoms with Gasteiger partial charge in [-0.3, -0.25) is 4.79 Å². The Morgan fingerprint density at radius 1 is 1.43 bits per heavy atom. The van der Waals surface area contributed by atoms with Crippen LogP contribution in [-0.2, 0) is 9.59 Å². The van der Waals surface area contributed by atoms with E-state index in [0.29, 0.717) is 22.9 Å². The Hall–Kier alpha value is -1.40. The molecule has 2 rings (SSSR count). The van der Waals surface area contributed by atoms with Gasteiger partial charge in [-0.2, -0.15) is 0 Å². The smallest absolute Gasteiger partial charge is 0.327 e. The van der Waals surface area contributed by atoms with E-state index in [0.717, 1.165) is 0 Å². The van der Waals surface area contributed by atoms with Crippen molar-refractivity contribution in [1.29, 1.82) is 0 Å². The van der Waals surface area contributed by atoms with Crippen LogP contribution in [0.4, 0.5) is 0 Å². The van der Waals surface area contributed by atoms with Crippen molar-refractivity contribution in [2.75, 3.05) is 12.4 Å². The third-order valence-electron chi connectivity index (χ3n) is 3.19. The molecule has 5 nitrogen and oxygen atoms in total. The second-order valence-corrected chi connectivity index (χ2v) is 6.24. The van der Waals surface area contributed by atoms with Crippen LogP contribution in [0.3, 0.4) is 0 Å². The molecule has 0 radical (unpaired) electrons. The summed E-state index contributed by atoms with van der Waals surface area (Å²) in [6.07, 6.45) is 0.709. The van der Waals surface area contributed by atoms with Gasteiger partial charge >= 0.3 is 5.97 Å². The molecule has 1 aliphatic rings. The number of halogens is 1. The molecule has 1 aromatic rings. The van der Waals surface area contributed by atoms with Crippen LogP contribution in [0.25, 0.3) is 0 Å². The lowest BCUT2D eigenvalue weighted by molar-refractivity contribution is -0.149. The van der Waals surface area contributed by atoms with Crippen LogP contribution in [0.15, 0.2) is 24.3 Å². The number of carbonyl (C=O) groups is 2. The van der Waals surface area contributed by atoms with Crippen LogP contribution in [0.1, 0.15) is 13.3 Å². The monoisotopic (exact) mass is 329 g/mol. The highest BCUT2D eigenvalue weighted by atomic mass is 35.5. The van der Waals surface area contributed by atoms with E-state index < -0.39 is 12.0 Å². The second kappa shape index (κ2) is 7.04. The minimum absolute atomic E-state index is 0.104. The number of aliphatic carboxylic acids is 1. The maximum absolute atomic E-state index is 12.3. The molecule has 1 fully saturated rings. The molecule has 1 N–H and O–H groups in total. The van der Waals surface area contributed by atoms with E-state index in [2.05, 4.69) is 0 Å². The minimum atomic E-state index is -0.974. The van der Waals surface area contributed by atoms with Crippen LogP contribution in [0.5, 0.6) is 5.75 Å². The number of carboxylic acid groups (broad SMARTS) is 1. The third-order valence-corrected chi connectivity index (χ3v) is 4.90. The number of ether oxygens (including phenoxy) is 1. The number of nitrogens with zero attached hydrogens (tertiary/aromatic N) is 1. The highest BCUT2D eigenvalue weighted by Gasteiger charge is 2.40. The third kappa shape index (κ3) is 3.83. The zero-order chi connectivity index (χ0) is 15.4. The molecule has 7 heteroatoms. The van der Waals surface area contributed by atoms with Crippen molar-refractivity contribution in [2.24, 2.45) is 0 Å². The molecule has 114 valence electrons. The van der Waals surface area contributed by atoms with Crippen LogP contribution in [0.2, 0.25) is 5.02 Å². The molecule has 1 aromatic carbocycles. The maximum Gasteiger partial charge on any atom is 0.327 e.